The minimum Gasteiger partial charge on any atom is -0.383 e. The second-order valence-electron chi connectivity index (χ2n) is 3.87. The number of carbonyl (C=O) groups excluding carboxylic acids is 1. The number of amides is 1. The maximum Gasteiger partial charge on any atom is 0.221 e. The van der Waals surface area contributed by atoms with Gasteiger partial charge >= 0.3 is 0 Å². The molecule has 1 N–H and O–H groups in total. The van der Waals surface area contributed by atoms with Crippen LogP contribution in [0.4, 0.5) is 0 Å². The van der Waals surface area contributed by atoms with E-state index in [4.69, 9.17) is 16.3 Å². The highest BCUT2D eigenvalue weighted by Crippen LogP contribution is 2.17. The number of benzene rings is 1. The molecule has 5 nitrogen and oxygen atoms in total. The normalized spacial score (nSPS) is 11.3. The van der Waals surface area contributed by atoms with Crippen molar-refractivity contribution in [3.05, 3.63) is 29.3 Å². The number of sulfone groups is 1. The molecule has 1 aromatic rings. The molecule has 7 heteroatoms. The zero-order valence-corrected chi connectivity index (χ0v) is 12.1. The van der Waals surface area contributed by atoms with Gasteiger partial charge in [0.1, 0.15) is 0 Å². The van der Waals surface area contributed by atoms with Crippen LogP contribution in [0.1, 0.15) is 6.42 Å². The van der Waals surface area contributed by atoms with Crippen molar-refractivity contribution < 1.29 is 17.9 Å². The maximum atomic E-state index is 12.0. The van der Waals surface area contributed by atoms with E-state index in [0.29, 0.717) is 18.2 Å². The summed E-state index contributed by atoms with van der Waals surface area (Å²) in [7, 11) is -1.96. The van der Waals surface area contributed by atoms with E-state index in [0.717, 1.165) is 0 Å². The molecule has 0 heterocycles. The minimum absolute atomic E-state index is 0.0848. The van der Waals surface area contributed by atoms with Crippen molar-refractivity contribution in [2.45, 2.75) is 11.3 Å². The molecule has 0 spiro atoms. The van der Waals surface area contributed by atoms with Crippen LogP contribution < -0.4 is 5.32 Å². The highest BCUT2D eigenvalue weighted by Gasteiger charge is 2.16. The molecule has 0 saturated heterocycles. The van der Waals surface area contributed by atoms with Gasteiger partial charge in [-0.3, -0.25) is 4.79 Å². The van der Waals surface area contributed by atoms with Gasteiger partial charge in [-0.15, -0.1) is 0 Å². The second-order valence-corrected chi connectivity index (χ2v) is 6.41. The molecule has 0 fully saturated rings. The van der Waals surface area contributed by atoms with Gasteiger partial charge in [-0.25, -0.2) is 8.42 Å². The Hall–Kier alpha value is -1.11. The number of methoxy groups -OCH3 is 1. The monoisotopic (exact) mass is 305 g/mol. The number of ether oxygens (including phenoxy) is 1. The zero-order valence-electron chi connectivity index (χ0n) is 10.6. The molecule has 0 bridgehead atoms. The lowest BCUT2D eigenvalue weighted by Gasteiger charge is -2.06. The van der Waals surface area contributed by atoms with Gasteiger partial charge in [0.2, 0.25) is 5.91 Å². The summed E-state index contributed by atoms with van der Waals surface area (Å²) in [5, 5.41) is 2.92. The van der Waals surface area contributed by atoms with Crippen molar-refractivity contribution >= 4 is 27.3 Å². The van der Waals surface area contributed by atoms with Gasteiger partial charge in [0.15, 0.2) is 9.84 Å². The topological polar surface area (TPSA) is 72.5 Å². The Kier molecular flexibility index (Phi) is 6.27. The van der Waals surface area contributed by atoms with E-state index in [1.165, 1.54) is 19.2 Å². The molecule has 0 aliphatic heterocycles. The van der Waals surface area contributed by atoms with E-state index in [1.807, 2.05) is 0 Å². The SMILES string of the molecule is COCCNC(=O)CCS(=O)(=O)c1cccc(Cl)c1. The van der Waals surface area contributed by atoms with Crippen LogP contribution in [-0.4, -0.2) is 40.3 Å². The first-order valence-electron chi connectivity index (χ1n) is 5.69. The van der Waals surface area contributed by atoms with E-state index in [-0.39, 0.29) is 23.0 Å². The van der Waals surface area contributed by atoms with Gasteiger partial charge in [0, 0.05) is 25.1 Å². The van der Waals surface area contributed by atoms with Crippen molar-refractivity contribution in [2.75, 3.05) is 26.0 Å². The Morgan fingerprint density at radius 1 is 1.42 bits per heavy atom. The van der Waals surface area contributed by atoms with Crippen LogP contribution in [0, 0.1) is 0 Å². The molecule has 1 aromatic carbocycles. The van der Waals surface area contributed by atoms with Crippen LogP contribution in [-0.2, 0) is 19.4 Å². The summed E-state index contributed by atoms with van der Waals surface area (Å²) in [6.07, 6.45) is -0.0848. The van der Waals surface area contributed by atoms with Crippen molar-refractivity contribution in [3.63, 3.8) is 0 Å². The Morgan fingerprint density at radius 3 is 2.79 bits per heavy atom. The van der Waals surface area contributed by atoms with E-state index >= 15 is 0 Å². The Bertz CT molecular complexity index is 530. The van der Waals surface area contributed by atoms with Crippen LogP contribution in [0.25, 0.3) is 0 Å². The molecule has 0 radical (unpaired) electrons. The van der Waals surface area contributed by atoms with E-state index < -0.39 is 9.84 Å². The summed E-state index contributed by atoms with van der Waals surface area (Å²) in [6.45, 7) is 0.763. The number of hydrogen-bond donors (Lipinski definition) is 1. The van der Waals surface area contributed by atoms with Crippen molar-refractivity contribution in [1.82, 2.24) is 5.32 Å². The molecule has 0 saturated carbocycles. The van der Waals surface area contributed by atoms with Crippen LogP contribution in [0.3, 0.4) is 0 Å². The Labute approximate surface area is 117 Å². The number of rotatable bonds is 7. The lowest BCUT2D eigenvalue weighted by atomic mass is 10.4. The fourth-order valence-electron chi connectivity index (χ4n) is 1.39. The molecule has 1 amide bonds. The smallest absolute Gasteiger partial charge is 0.221 e. The summed E-state index contributed by atoms with van der Waals surface area (Å²) >= 11 is 5.74. The van der Waals surface area contributed by atoms with Crippen LogP contribution in [0.15, 0.2) is 29.2 Å². The standard InChI is InChI=1S/C12H16ClNO4S/c1-18-7-6-14-12(15)5-8-19(16,17)11-4-2-3-10(13)9-11/h2-4,9H,5-8H2,1H3,(H,14,15). The van der Waals surface area contributed by atoms with Crippen LogP contribution >= 0.6 is 11.6 Å². The highest BCUT2D eigenvalue weighted by molar-refractivity contribution is 7.91. The zero-order chi connectivity index (χ0) is 14.3. The highest BCUT2D eigenvalue weighted by atomic mass is 35.5. The molecule has 1 rings (SSSR count). The van der Waals surface area contributed by atoms with Crippen molar-refractivity contribution in [3.8, 4) is 0 Å². The lowest BCUT2D eigenvalue weighted by molar-refractivity contribution is -0.120. The molecule has 0 aliphatic carbocycles. The third-order valence-electron chi connectivity index (χ3n) is 2.38. The summed E-state index contributed by atoms with van der Waals surface area (Å²) in [5.74, 6) is -0.561. The van der Waals surface area contributed by atoms with Gasteiger partial charge in [-0.2, -0.15) is 0 Å². The number of nitrogens with one attached hydrogen (secondary N) is 1. The fraction of sp³-hybridized carbons (Fsp3) is 0.417. The average molecular weight is 306 g/mol. The first-order chi connectivity index (χ1) is 8.95. The molecule has 19 heavy (non-hydrogen) atoms. The molecule has 0 aromatic heterocycles. The molecule has 0 unspecified atom stereocenters. The average Bonchev–Trinajstić information content (AvgIpc) is 2.37. The van der Waals surface area contributed by atoms with Gasteiger partial charge in [0.25, 0.3) is 0 Å². The lowest BCUT2D eigenvalue weighted by Crippen LogP contribution is -2.28. The van der Waals surface area contributed by atoms with Crippen LogP contribution in [0.2, 0.25) is 5.02 Å². The first-order valence-corrected chi connectivity index (χ1v) is 7.72. The Balaban J connectivity index is 2.54. The van der Waals surface area contributed by atoms with E-state index in [1.54, 1.807) is 12.1 Å². The quantitative estimate of drug-likeness (QED) is 0.770. The molecule has 0 atom stereocenters. The maximum absolute atomic E-state index is 12.0. The van der Waals surface area contributed by atoms with Gasteiger partial charge in [-0.1, -0.05) is 17.7 Å². The van der Waals surface area contributed by atoms with Crippen molar-refractivity contribution in [1.29, 1.82) is 0 Å². The molecular formula is C12H16ClNO4S. The van der Waals surface area contributed by atoms with Gasteiger partial charge in [0.05, 0.1) is 17.3 Å². The second kappa shape index (κ2) is 7.47. The van der Waals surface area contributed by atoms with E-state index in [9.17, 15) is 13.2 Å². The van der Waals surface area contributed by atoms with Gasteiger partial charge < -0.3 is 10.1 Å². The summed E-state index contributed by atoms with van der Waals surface area (Å²) in [4.78, 5) is 11.5. The largest absolute Gasteiger partial charge is 0.383 e. The summed E-state index contributed by atoms with van der Waals surface area (Å²) in [5.41, 5.74) is 0. The third-order valence-corrected chi connectivity index (χ3v) is 4.33. The Morgan fingerprint density at radius 2 is 2.16 bits per heavy atom. The predicted molar refractivity (Wildman–Crippen MR) is 73.0 cm³/mol. The predicted octanol–water partition coefficient (Wildman–Crippen LogP) is 1.27. The van der Waals surface area contributed by atoms with Crippen LogP contribution in [0.5, 0.6) is 0 Å². The number of carbonyl (C=O) groups is 1. The molecule has 106 valence electrons. The van der Waals surface area contributed by atoms with E-state index in [2.05, 4.69) is 5.32 Å². The number of hydrogen-bond acceptors (Lipinski definition) is 4. The summed E-state index contributed by atoms with van der Waals surface area (Å²) in [6, 6.07) is 6.00. The van der Waals surface area contributed by atoms with Crippen molar-refractivity contribution in [2.24, 2.45) is 0 Å². The third kappa shape index (κ3) is 5.59. The van der Waals surface area contributed by atoms with Gasteiger partial charge in [-0.05, 0) is 18.2 Å². The number of halogens is 1. The minimum atomic E-state index is -3.48. The molecule has 0 aliphatic rings. The fourth-order valence-corrected chi connectivity index (χ4v) is 2.92. The molecular weight excluding hydrogens is 290 g/mol. The summed E-state index contributed by atoms with van der Waals surface area (Å²) < 4.78 is 28.7. The first kappa shape index (κ1) is 15.9.